The quantitative estimate of drug-likeness (QED) is 0.286. The fourth-order valence-electron chi connectivity index (χ4n) is 1.40. The molecule has 1 heterocycles. The standard InChI is InChI=1S/C12H7OS.C5H5.Fe/c13-9-12-8-7-11(14-12)6-5-10-3-1-2-4-10;1-2-4-5-3-1;/h1-4,7-9H;1-5H;/q2*-1;+2. The van der Waals surface area contributed by atoms with Gasteiger partial charge in [0.05, 0.1) is 4.88 Å². The van der Waals surface area contributed by atoms with E-state index in [0.717, 1.165) is 21.6 Å². The molecule has 20 heavy (non-hydrogen) atoms. The summed E-state index contributed by atoms with van der Waals surface area (Å²) in [5, 5.41) is 0. The Morgan fingerprint density at radius 3 is 2.30 bits per heavy atom. The van der Waals surface area contributed by atoms with E-state index < -0.39 is 0 Å². The van der Waals surface area contributed by atoms with Crippen LogP contribution in [0.15, 0.2) is 66.7 Å². The summed E-state index contributed by atoms with van der Waals surface area (Å²) in [6.45, 7) is 0. The van der Waals surface area contributed by atoms with Gasteiger partial charge in [-0.25, -0.2) is 12.1 Å². The van der Waals surface area contributed by atoms with E-state index in [1.54, 1.807) is 6.07 Å². The monoisotopic (exact) mass is 320 g/mol. The number of rotatable bonds is 1. The van der Waals surface area contributed by atoms with E-state index in [9.17, 15) is 4.79 Å². The number of hydrogen-bond donors (Lipinski definition) is 0. The van der Waals surface area contributed by atoms with Crippen molar-refractivity contribution in [3.63, 3.8) is 0 Å². The summed E-state index contributed by atoms with van der Waals surface area (Å²) in [7, 11) is 0. The molecular weight excluding hydrogens is 308 g/mol. The molecule has 0 spiro atoms. The average Bonchev–Trinajstić information content (AvgIpc) is 3.18. The third kappa shape index (κ3) is 5.42. The van der Waals surface area contributed by atoms with Gasteiger partial charge in [0, 0.05) is 4.88 Å². The number of carbonyl (C=O) groups excluding carboxylic acids is 1. The summed E-state index contributed by atoms with van der Waals surface area (Å²) in [5.74, 6) is 6.03. The van der Waals surface area contributed by atoms with Crippen LogP contribution >= 0.6 is 11.3 Å². The van der Waals surface area contributed by atoms with Crippen LogP contribution in [0.4, 0.5) is 0 Å². The molecule has 3 aromatic rings. The smallest absolute Gasteiger partial charge is 0.297 e. The number of aldehydes is 1. The normalized spacial score (nSPS) is 8.40. The fraction of sp³-hybridized carbons (Fsp3) is 0. The maximum atomic E-state index is 10.4. The molecule has 0 radical (unpaired) electrons. The van der Waals surface area contributed by atoms with Crippen LogP contribution in [0.5, 0.6) is 0 Å². The van der Waals surface area contributed by atoms with Crippen LogP contribution in [-0.2, 0) is 17.1 Å². The molecule has 1 aromatic heterocycles. The van der Waals surface area contributed by atoms with Crippen molar-refractivity contribution >= 4 is 17.6 Å². The number of hydrogen-bond acceptors (Lipinski definition) is 2. The Morgan fingerprint density at radius 1 is 1.10 bits per heavy atom. The minimum atomic E-state index is 0. The van der Waals surface area contributed by atoms with Gasteiger partial charge in [-0.15, -0.1) is 23.5 Å². The van der Waals surface area contributed by atoms with Gasteiger partial charge in [0.2, 0.25) is 0 Å². The minimum Gasteiger partial charge on any atom is -0.297 e. The van der Waals surface area contributed by atoms with Gasteiger partial charge >= 0.3 is 17.1 Å². The van der Waals surface area contributed by atoms with Gasteiger partial charge < -0.3 is 0 Å². The summed E-state index contributed by atoms with van der Waals surface area (Å²) in [6.07, 6.45) is 0.846. The van der Waals surface area contributed by atoms with Crippen LogP contribution in [0.2, 0.25) is 0 Å². The molecule has 100 valence electrons. The zero-order valence-corrected chi connectivity index (χ0v) is 12.5. The van der Waals surface area contributed by atoms with Crippen LogP contribution in [0.3, 0.4) is 0 Å². The molecule has 0 aliphatic rings. The van der Waals surface area contributed by atoms with Gasteiger partial charge in [0.25, 0.3) is 0 Å². The van der Waals surface area contributed by atoms with E-state index in [0.29, 0.717) is 0 Å². The predicted octanol–water partition coefficient (Wildman–Crippen LogP) is 4.08. The van der Waals surface area contributed by atoms with Crippen molar-refractivity contribution in [3.8, 4) is 11.8 Å². The Hall–Kier alpha value is -1.85. The largest absolute Gasteiger partial charge is 2.00 e. The molecule has 0 saturated heterocycles. The molecule has 2 aromatic carbocycles. The second-order valence-corrected chi connectivity index (χ2v) is 4.82. The van der Waals surface area contributed by atoms with Gasteiger partial charge in [-0.05, 0) is 12.1 Å². The average molecular weight is 320 g/mol. The summed E-state index contributed by atoms with van der Waals surface area (Å²) in [6, 6.07) is 21.5. The molecular formula is C17H12FeOS. The molecule has 0 aliphatic carbocycles. The van der Waals surface area contributed by atoms with Crippen molar-refractivity contribution in [2.75, 3.05) is 0 Å². The van der Waals surface area contributed by atoms with Crippen molar-refractivity contribution in [1.29, 1.82) is 0 Å². The first kappa shape index (κ1) is 16.2. The first-order chi connectivity index (χ1) is 9.38. The first-order valence-electron chi connectivity index (χ1n) is 5.84. The van der Waals surface area contributed by atoms with Crippen LogP contribution in [0.25, 0.3) is 0 Å². The molecule has 0 N–H and O–H groups in total. The molecule has 0 saturated carbocycles. The van der Waals surface area contributed by atoms with E-state index in [1.807, 2.05) is 60.7 Å². The topological polar surface area (TPSA) is 17.1 Å². The third-order valence-corrected chi connectivity index (χ3v) is 3.22. The van der Waals surface area contributed by atoms with E-state index in [1.165, 1.54) is 11.3 Å². The molecule has 0 fully saturated rings. The summed E-state index contributed by atoms with van der Waals surface area (Å²) < 4.78 is 0. The Bertz CT molecular complexity index is 634. The van der Waals surface area contributed by atoms with Gasteiger partial charge in [0.1, 0.15) is 0 Å². The van der Waals surface area contributed by atoms with Gasteiger partial charge in [-0.1, -0.05) is 5.56 Å². The Morgan fingerprint density at radius 2 is 1.80 bits per heavy atom. The summed E-state index contributed by atoms with van der Waals surface area (Å²) in [4.78, 5) is 12.1. The predicted molar refractivity (Wildman–Crippen MR) is 79.8 cm³/mol. The molecule has 0 amide bonds. The van der Waals surface area contributed by atoms with E-state index in [2.05, 4.69) is 11.8 Å². The molecule has 0 aliphatic heterocycles. The van der Waals surface area contributed by atoms with Crippen LogP contribution in [0, 0.1) is 11.8 Å². The van der Waals surface area contributed by atoms with Gasteiger partial charge in [-0.3, -0.25) is 4.79 Å². The second-order valence-electron chi connectivity index (χ2n) is 3.71. The summed E-state index contributed by atoms with van der Waals surface area (Å²) >= 11 is 1.41. The molecule has 3 rings (SSSR count). The molecule has 0 bridgehead atoms. The first-order valence-corrected chi connectivity index (χ1v) is 6.65. The Balaban J connectivity index is 0.000000283. The fourth-order valence-corrected chi connectivity index (χ4v) is 2.07. The van der Waals surface area contributed by atoms with Crippen molar-refractivity contribution in [3.05, 3.63) is 82.0 Å². The zero-order chi connectivity index (χ0) is 13.3. The summed E-state index contributed by atoms with van der Waals surface area (Å²) in [5.41, 5.74) is 1.01. The molecule has 3 heteroatoms. The number of thiophene rings is 1. The Kier molecular flexibility index (Phi) is 7.39. The molecule has 0 unspecified atom stereocenters. The number of carbonyl (C=O) groups is 1. The van der Waals surface area contributed by atoms with Crippen LogP contribution in [0.1, 0.15) is 20.1 Å². The third-order valence-electron chi connectivity index (χ3n) is 2.29. The minimum absolute atomic E-state index is 0. The van der Waals surface area contributed by atoms with Crippen molar-refractivity contribution < 1.29 is 21.9 Å². The maximum Gasteiger partial charge on any atom is 2.00 e. The second kappa shape index (κ2) is 9.12. The van der Waals surface area contributed by atoms with E-state index in [-0.39, 0.29) is 17.1 Å². The molecule has 0 atom stereocenters. The van der Waals surface area contributed by atoms with Crippen LogP contribution in [-0.4, -0.2) is 6.29 Å². The molecule has 1 nitrogen and oxygen atoms in total. The van der Waals surface area contributed by atoms with Crippen molar-refractivity contribution in [2.24, 2.45) is 0 Å². The van der Waals surface area contributed by atoms with Gasteiger partial charge in [0.15, 0.2) is 6.29 Å². The van der Waals surface area contributed by atoms with E-state index in [4.69, 9.17) is 0 Å². The van der Waals surface area contributed by atoms with E-state index >= 15 is 0 Å². The SMILES string of the molecule is O=Cc1ccc(C#C[c-]2cccc2)s1.[Fe+2].c1cc[cH-]c1. The van der Waals surface area contributed by atoms with Gasteiger partial charge in [-0.2, -0.15) is 42.2 Å². The zero-order valence-electron chi connectivity index (χ0n) is 10.6. The maximum absolute atomic E-state index is 10.4. The van der Waals surface area contributed by atoms with Crippen molar-refractivity contribution in [1.82, 2.24) is 0 Å². The van der Waals surface area contributed by atoms with Crippen LogP contribution < -0.4 is 0 Å². The van der Waals surface area contributed by atoms with Crippen molar-refractivity contribution in [2.45, 2.75) is 0 Å². The Labute approximate surface area is 133 Å².